The van der Waals surface area contributed by atoms with Crippen LogP contribution in [-0.4, -0.2) is 143 Å². The molecule has 0 radical (unpaired) electrons. The third-order valence-electron chi connectivity index (χ3n) is 4.88. The quantitative estimate of drug-likeness (QED) is 0.0913. The van der Waals surface area contributed by atoms with Crippen LogP contribution in [0.2, 0.25) is 0 Å². The van der Waals surface area contributed by atoms with E-state index >= 15 is 0 Å². The van der Waals surface area contributed by atoms with Gasteiger partial charge in [-0.15, -0.1) is 0 Å². The molecular formula is C26H51N3O9S. The van der Waals surface area contributed by atoms with Crippen molar-refractivity contribution in [3.63, 3.8) is 0 Å². The average Bonchev–Trinajstić information content (AvgIpc) is 3.17. The molecule has 1 saturated heterocycles. The fourth-order valence-electron chi connectivity index (χ4n) is 2.84. The van der Waals surface area contributed by atoms with Crippen molar-refractivity contribution in [1.29, 1.82) is 0 Å². The van der Waals surface area contributed by atoms with Crippen LogP contribution in [0.15, 0.2) is 0 Å². The van der Waals surface area contributed by atoms with Crippen LogP contribution in [0.4, 0.5) is 0 Å². The number of amides is 3. The summed E-state index contributed by atoms with van der Waals surface area (Å²) in [5, 5.41) is -0.535. The lowest BCUT2D eigenvalue weighted by atomic mass is 10.4. The third-order valence-corrected chi connectivity index (χ3v) is 5.28. The first-order valence-electron chi connectivity index (χ1n) is 13.5. The monoisotopic (exact) mass is 581 g/mol. The molecule has 1 aliphatic heterocycles. The maximum absolute atomic E-state index is 11.9. The maximum atomic E-state index is 11.9. The second-order valence-corrected chi connectivity index (χ2v) is 8.69. The van der Waals surface area contributed by atoms with Crippen molar-refractivity contribution in [2.45, 2.75) is 46.3 Å². The van der Waals surface area contributed by atoms with Gasteiger partial charge in [-0.25, -0.2) is 0 Å². The lowest BCUT2D eigenvalue weighted by Crippen LogP contribution is -2.37. The fraction of sp³-hybridized carbons (Fsp3) is 0.846. The van der Waals surface area contributed by atoms with Crippen molar-refractivity contribution < 1.29 is 42.9 Å². The molecule has 0 aromatic carbocycles. The number of hydrogen-bond donors (Lipinski definition) is 1. The molecule has 0 aliphatic carbocycles. The predicted molar refractivity (Wildman–Crippen MR) is 152 cm³/mol. The molecular weight excluding hydrogens is 530 g/mol. The normalized spacial score (nSPS) is 14.6. The van der Waals surface area contributed by atoms with E-state index < -0.39 is 5.25 Å². The van der Waals surface area contributed by atoms with Gasteiger partial charge in [-0.3, -0.25) is 29.0 Å². The summed E-state index contributed by atoms with van der Waals surface area (Å²) in [6.07, 6.45) is 0.146. The van der Waals surface area contributed by atoms with Crippen LogP contribution >= 0.6 is 12.6 Å². The maximum Gasteiger partial charge on any atom is 0.248 e. The smallest absolute Gasteiger partial charge is 0.248 e. The van der Waals surface area contributed by atoms with Gasteiger partial charge in [0.15, 0.2) is 5.78 Å². The van der Waals surface area contributed by atoms with Gasteiger partial charge in [-0.2, -0.15) is 12.6 Å². The minimum atomic E-state index is -0.535. The molecule has 0 saturated carbocycles. The van der Waals surface area contributed by atoms with Gasteiger partial charge < -0.3 is 28.6 Å². The molecule has 0 N–H and O–H groups in total. The Morgan fingerprint density at radius 1 is 0.821 bits per heavy atom. The number of rotatable bonds is 21. The van der Waals surface area contributed by atoms with Gasteiger partial charge in [-0.1, -0.05) is 27.7 Å². The van der Waals surface area contributed by atoms with Crippen LogP contribution in [0.1, 0.15) is 41.0 Å². The second kappa shape index (κ2) is 26.6. The van der Waals surface area contributed by atoms with Gasteiger partial charge in [0.2, 0.25) is 17.7 Å². The molecule has 230 valence electrons. The topological polar surface area (TPSA) is 124 Å². The van der Waals surface area contributed by atoms with Crippen molar-refractivity contribution in [3.05, 3.63) is 0 Å². The lowest BCUT2D eigenvalue weighted by molar-refractivity contribution is -0.139. The average molecular weight is 582 g/mol. The molecule has 1 atom stereocenters. The Kier molecular flexibility index (Phi) is 27.0. The summed E-state index contributed by atoms with van der Waals surface area (Å²) in [5.41, 5.74) is 0. The Labute approximate surface area is 240 Å². The Hall–Kier alpha value is -1.61. The van der Waals surface area contributed by atoms with Gasteiger partial charge in [0, 0.05) is 26.6 Å². The zero-order valence-corrected chi connectivity index (χ0v) is 25.8. The first kappa shape index (κ1) is 39.5. The number of carbonyl (C=O) groups is 4. The number of ether oxygens (including phenoxy) is 5. The highest BCUT2D eigenvalue weighted by molar-refractivity contribution is 7.81. The van der Waals surface area contributed by atoms with E-state index in [1.165, 1.54) is 11.8 Å². The van der Waals surface area contributed by atoms with Crippen LogP contribution < -0.4 is 0 Å². The Balaban J connectivity index is 0. The van der Waals surface area contributed by atoms with E-state index in [0.29, 0.717) is 59.5 Å². The molecule has 3 amide bonds. The molecule has 1 fully saturated rings. The van der Waals surface area contributed by atoms with E-state index in [0.717, 1.165) is 0 Å². The number of likely N-dealkylation sites (tertiary alicyclic amines) is 1. The molecule has 0 aromatic rings. The van der Waals surface area contributed by atoms with Crippen molar-refractivity contribution >= 4 is 36.1 Å². The number of likely N-dealkylation sites (N-methyl/N-ethyl adjacent to an activating group) is 2. The Morgan fingerprint density at radius 2 is 1.33 bits per heavy atom. The van der Waals surface area contributed by atoms with Crippen molar-refractivity contribution in [2.24, 2.45) is 0 Å². The van der Waals surface area contributed by atoms with Crippen LogP contribution in [0.5, 0.6) is 0 Å². The summed E-state index contributed by atoms with van der Waals surface area (Å²) >= 11 is 4.07. The minimum Gasteiger partial charge on any atom is -0.377 e. The Bertz CT molecular complexity index is 671. The zero-order chi connectivity index (χ0) is 30.1. The molecule has 1 unspecified atom stereocenters. The van der Waals surface area contributed by atoms with E-state index in [-0.39, 0.29) is 56.3 Å². The summed E-state index contributed by atoms with van der Waals surface area (Å²) in [6, 6.07) is 0. The number of hydrogen-bond acceptors (Lipinski definition) is 11. The van der Waals surface area contributed by atoms with E-state index in [9.17, 15) is 19.2 Å². The van der Waals surface area contributed by atoms with Gasteiger partial charge >= 0.3 is 0 Å². The minimum absolute atomic E-state index is 0.0550. The summed E-state index contributed by atoms with van der Waals surface area (Å²) in [6.45, 7) is 13.8. The standard InChI is InChI=1S/C22H39N3O9S.2C2H6/c1-18(26)15-34-16-21(28)24(3)5-4-23(2)17-33-13-12-32-11-10-31-9-8-30-7-6-25-20(27)14-19(35)22(25)29;2*1-2/h19,35H,4-17H2,1-3H3;2*1-2H3. The van der Waals surface area contributed by atoms with E-state index in [1.54, 1.807) is 11.9 Å². The van der Waals surface area contributed by atoms with Gasteiger partial charge in [0.05, 0.1) is 64.8 Å². The molecule has 13 heteroatoms. The summed E-state index contributed by atoms with van der Waals surface area (Å²) in [5.74, 6) is -0.768. The molecule has 0 spiro atoms. The van der Waals surface area contributed by atoms with Crippen molar-refractivity contribution in [1.82, 2.24) is 14.7 Å². The van der Waals surface area contributed by atoms with Gasteiger partial charge in [0.25, 0.3) is 0 Å². The number of Topliss-reactive ketones (excluding diaryl/α,β-unsaturated/α-hetero) is 1. The van der Waals surface area contributed by atoms with Crippen LogP contribution in [0.3, 0.4) is 0 Å². The number of nitrogens with zero attached hydrogens (tertiary/aromatic N) is 3. The lowest BCUT2D eigenvalue weighted by Gasteiger charge is -2.22. The number of imide groups is 1. The SMILES string of the molecule is CC.CC.CC(=O)COCC(=O)N(C)CCN(C)COCCOCCOCCOCCN1C(=O)CC(S)C1=O. The van der Waals surface area contributed by atoms with Crippen LogP contribution in [0, 0.1) is 0 Å². The zero-order valence-electron chi connectivity index (χ0n) is 24.9. The number of thiol groups is 1. The largest absolute Gasteiger partial charge is 0.377 e. The molecule has 0 bridgehead atoms. The number of carbonyl (C=O) groups excluding carboxylic acids is 4. The summed E-state index contributed by atoms with van der Waals surface area (Å²) < 4.78 is 26.8. The molecule has 1 aliphatic rings. The third kappa shape index (κ3) is 20.9. The fourth-order valence-corrected chi connectivity index (χ4v) is 3.13. The molecule has 1 rings (SSSR count). The highest BCUT2D eigenvalue weighted by Crippen LogP contribution is 2.17. The summed E-state index contributed by atoms with van der Waals surface area (Å²) in [7, 11) is 3.58. The van der Waals surface area contributed by atoms with Crippen molar-refractivity contribution in [2.75, 3.05) is 99.9 Å². The van der Waals surface area contributed by atoms with E-state index in [1.807, 2.05) is 39.6 Å². The number of ketones is 1. The molecule has 39 heavy (non-hydrogen) atoms. The molecule has 0 aromatic heterocycles. The Morgan fingerprint density at radius 3 is 1.82 bits per heavy atom. The molecule has 1 heterocycles. The van der Waals surface area contributed by atoms with Gasteiger partial charge in [-0.05, 0) is 14.0 Å². The summed E-state index contributed by atoms with van der Waals surface area (Å²) in [4.78, 5) is 50.7. The van der Waals surface area contributed by atoms with Crippen LogP contribution in [-0.2, 0) is 42.9 Å². The highest BCUT2D eigenvalue weighted by atomic mass is 32.1. The van der Waals surface area contributed by atoms with Crippen LogP contribution in [0.25, 0.3) is 0 Å². The second-order valence-electron chi connectivity index (χ2n) is 8.07. The highest BCUT2D eigenvalue weighted by Gasteiger charge is 2.35. The molecule has 12 nitrogen and oxygen atoms in total. The van der Waals surface area contributed by atoms with E-state index in [4.69, 9.17) is 23.7 Å². The van der Waals surface area contributed by atoms with Crippen molar-refractivity contribution in [3.8, 4) is 0 Å². The predicted octanol–water partition coefficient (Wildman–Crippen LogP) is 1.12. The first-order chi connectivity index (χ1) is 18.7. The van der Waals surface area contributed by atoms with E-state index in [2.05, 4.69) is 12.6 Å². The first-order valence-corrected chi connectivity index (χ1v) is 14.1. The van der Waals surface area contributed by atoms with Gasteiger partial charge in [0.1, 0.15) is 13.2 Å².